The number of hydrogen-bond donors (Lipinski definition) is 2. The van der Waals surface area contributed by atoms with Crippen molar-refractivity contribution >= 4 is 5.91 Å². The Morgan fingerprint density at radius 1 is 1.08 bits per heavy atom. The van der Waals surface area contributed by atoms with Gasteiger partial charge >= 0.3 is 0 Å². The van der Waals surface area contributed by atoms with Crippen LogP contribution in [0.5, 0.6) is 0 Å². The quantitative estimate of drug-likeness (QED) is 0.854. The van der Waals surface area contributed by atoms with Crippen molar-refractivity contribution in [1.29, 1.82) is 0 Å². The van der Waals surface area contributed by atoms with Crippen molar-refractivity contribution in [2.45, 2.75) is 58.2 Å². The van der Waals surface area contributed by atoms with Crippen molar-refractivity contribution in [2.75, 3.05) is 13.1 Å². The molecule has 1 heterocycles. The molecule has 2 aliphatic carbocycles. The smallest absolute Gasteiger partial charge is 0.225 e. The van der Waals surface area contributed by atoms with Crippen molar-refractivity contribution in [3.05, 3.63) is 35.4 Å². The van der Waals surface area contributed by atoms with Gasteiger partial charge < -0.3 is 11.1 Å². The molecule has 3 aliphatic rings. The monoisotopic (exact) mass is 355 g/mol. The van der Waals surface area contributed by atoms with Gasteiger partial charge in [0.05, 0.1) is 5.92 Å². The highest BCUT2D eigenvalue weighted by Crippen LogP contribution is 2.47. The molecule has 0 aromatic heterocycles. The SMILES string of the molecule is CC1CCN(Cc2ccc(CNC(=O)C3C4CCC(C4)C3N)cc2)CC1. The van der Waals surface area contributed by atoms with Crippen LogP contribution in [-0.2, 0) is 17.9 Å². The maximum absolute atomic E-state index is 12.6. The van der Waals surface area contributed by atoms with Crippen molar-refractivity contribution in [2.24, 2.45) is 29.4 Å². The van der Waals surface area contributed by atoms with E-state index in [1.54, 1.807) is 0 Å². The summed E-state index contributed by atoms with van der Waals surface area (Å²) in [5.41, 5.74) is 8.82. The zero-order valence-corrected chi connectivity index (χ0v) is 16.0. The van der Waals surface area contributed by atoms with Crippen LogP contribution in [0.2, 0.25) is 0 Å². The first kappa shape index (κ1) is 18.0. The number of carbonyl (C=O) groups is 1. The highest BCUT2D eigenvalue weighted by molar-refractivity contribution is 5.80. The van der Waals surface area contributed by atoms with Crippen LogP contribution in [0, 0.1) is 23.7 Å². The van der Waals surface area contributed by atoms with Gasteiger partial charge in [-0.1, -0.05) is 31.2 Å². The second kappa shape index (κ2) is 7.69. The van der Waals surface area contributed by atoms with E-state index in [9.17, 15) is 4.79 Å². The van der Waals surface area contributed by atoms with E-state index in [-0.39, 0.29) is 17.9 Å². The van der Waals surface area contributed by atoms with Gasteiger partial charge in [0.1, 0.15) is 0 Å². The van der Waals surface area contributed by atoms with E-state index in [1.165, 1.54) is 49.9 Å². The summed E-state index contributed by atoms with van der Waals surface area (Å²) in [6.07, 6.45) is 6.18. The van der Waals surface area contributed by atoms with Crippen LogP contribution in [-0.4, -0.2) is 29.9 Å². The Morgan fingerprint density at radius 3 is 2.38 bits per heavy atom. The lowest BCUT2D eigenvalue weighted by Gasteiger charge is -2.30. The predicted octanol–water partition coefficient (Wildman–Crippen LogP) is 2.91. The average molecular weight is 356 g/mol. The van der Waals surface area contributed by atoms with E-state index in [0.29, 0.717) is 18.4 Å². The zero-order valence-electron chi connectivity index (χ0n) is 16.0. The first-order valence-electron chi connectivity index (χ1n) is 10.4. The third-order valence-corrected chi connectivity index (χ3v) is 7.06. The molecule has 1 aromatic rings. The van der Waals surface area contributed by atoms with Gasteiger partial charge in [-0.15, -0.1) is 0 Å². The molecular formula is C22H33N3O. The van der Waals surface area contributed by atoms with Crippen LogP contribution >= 0.6 is 0 Å². The predicted molar refractivity (Wildman–Crippen MR) is 104 cm³/mol. The van der Waals surface area contributed by atoms with E-state index in [4.69, 9.17) is 5.73 Å². The molecule has 1 aromatic carbocycles. The summed E-state index contributed by atoms with van der Waals surface area (Å²) >= 11 is 0. The topological polar surface area (TPSA) is 58.4 Å². The van der Waals surface area contributed by atoms with Crippen LogP contribution in [0.3, 0.4) is 0 Å². The number of nitrogens with zero attached hydrogens (tertiary/aromatic N) is 1. The minimum Gasteiger partial charge on any atom is -0.352 e. The minimum absolute atomic E-state index is 0.0366. The minimum atomic E-state index is 0.0366. The summed E-state index contributed by atoms with van der Waals surface area (Å²) < 4.78 is 0. The van der Waals surface area contributed by atoms with Crippen LogP contribution in [0.15, 0.2) is 24.3 Å². The molecule has 4 heteroatoms. The number of nitrogens with two attached hydrogens (primary N) is 1. The lowest BCUT2D eigenvalue weighted by molar-refractivity contribution is -0.127. The normalized spacial score (nSPS) is 32.1. The second-order valence-corrected chi connectivity index (χ2v) is 8.93. The number of nitrogens with one attached hydrogen (secondary N) is 1. The Balaban J connectivity index is 1.26. The van der Waals surface area contributed by atoms with E-state index in [2.05, 4.69) is 41.4 Å². The number of hydrogen-bond acceptors (Lipinski definition) is 3. The Morgan fingerprint density at radius 2 is 1.73 bits per heavy atom. The third-order valence-electron chi connectivity index (χ3n) is 7.06. The molecule has 2 bridgehead atoms. The first-order valence-corrected chi connectivity index (χ1v) is 10.4. The lowest BCUT2D eigenvalue weighted by Crippen LogP contribution is -2.45. The van der Waals surface area contributed by atoms with Crippen LogP contribution in [0.25, 0.3) is 0 Å². The summed E-state index contributed by atoms with van der Waals surface area (Å²) in [6, 6.07) is 8.81. The highest BCUT2D eigenvalue weighted by atomic mass is 16.1. The summed E-state index contributed by atoms with van der Waals surface area (Å²) in [6.45, 7) is 6.43. The number of rotatable bonds is 5. The molecular weight excluding hydrogens is 322 g/mol. The van der Waals surface area contributed by atoms with Gasteiger partial charge in [-0.05, 0) is 74.1 Å². The van der Waals surface area contributed by atoms with Crippen LogP contribution < -0.4 is 11.1 Å². The molecule has 1 saturated heterocycles. The summed E-state index contributed by atoms with van der Waals surface area (Å²) in [5, 5.41) is 3.13. The molecule has 4 atom stereocenters. The van der Waals surface area contributed by atoms with E-state index in [0.717, 1.165) is 18.9 Å². The van der Waals surface area contributed by atoms with Crippen molar-refractivity contribution in [1.82, 2.24) is 10.2 Å². The lowest BCUT2D eigenvalue weighted by atomic mass is 9.84. The summed E-state index contributed by atoms with van der Waals surface area (Å²) in [5.74, 6) is 2.17. The van der Waals surface area contributed by atoms with Crippen molar-refractivity contribution in [3.8, 4) is 0 Å². The van der Waals surface area contributed by atoms with Gasteiger partial charge in [0.15, 0.2) is 0 Å². The molecule has 1 aliphatic heterocycles. The van der Waals surface area contributed by atoms with Gasteiger partial charge in [0.2, 0.25) is 5.91 Å². The molecule has 4 unspecified atom stereocenters. The fourth-order valence-corrected chi connectivity index (χ4v) is 5.27. The Hall–Kier alpha value is -1.39. The number of fused-ring (bicyclic) bond motifs is 2. The molecule has 142 valence electrons. The molecule has 0 radical (unpaired) electrons. The van der Waals surface area contributed by atoms with Crippen LogP contribution in [0.1, 0.15) is 50.2 Å². The fourth-order valence-electron chi connectivity index (χ4n) is 5.27. The second-order valence-electron chi connectivity index (χ2n) is 8.93. The average Bonchev–Trinajstić information content (AvgIpc) is 3.24. The van der Waals surface area contributed by atoms with Gasteiger partial charge in [-0.25, -0.2) is 0 Å². The van der Waals surface area contributed by atoms with E-state index >= 15 is 0 Å². The van der Waals surface area contributed by atoms with Gasteiger partial charge in [0.25, 0.3) is 0 Å². The Bertz CT molecular complexity index is 619. The molecule has 4 nitrogen and oxygen atoms in total. The standard InChI is InChI=1S/C22H33N3O/c1-15-8-10-25(11-9-15)14-17-4-2-16(3-5-17)13-24-22(26)20-18-6-7-19(12-18)21(20)23/h2-5,15,18-21H,6-14,23H2,1H3,(H,24,26). The van der Waals surface area contributed by atoms with Gasteiger partial charge in [-0.3, -0.25) is 9.69 Å². The van der Waals surface area contributed by atoms with E-state index < -0.39 is 0 Å². The first-order chi connectivity index (χ1) is 12.6. The van der Waals surface area contributed by atoms with Gasteiger partial charge in [-0.2, -0.15) is 0 Å². The molecule has 3 N–H and O–H groups in total. The van der Waals surface area contributed by atoms with Gasteiger partial charge in [0, 0.05) is 19.1 Å². The molecule has 0 spiro atoms. The maximum atomic E-state index is 12.6. The van der Waals surface area contributed by atoms with Crippen LogP contribution in [0.4, 0.5) is 0 Å². The molecule has 1 amide bonds. The third kappa shape index (κ3) is 3.81. The van der Waals surface area contributed by atoms with Crippen molar-refractivity contribution in [3.63, 3.8) is 0 Å². The number of carbonyl (C=O) groups excluding carboxylic acids is 1. The van der Waals surface area contributed by atoms with E-state index in [1.807, 2.05) is 0 Å². The van der Waals surface area contributed by atoms with Crippen molar-refractivity contribution < 1.29 is 4.79 Å². The Labute approximate surface area is 157 Å². The number of benzene rings is 1. The molecule has 2 saturated carbocycles. The Kier molecular flexibility index (Phi) is 5.32. The summed E-state index contributed by atoms with van der Waals surface area (Å²) in [7, 11) is 0. The zero-order chi connectivity index (χ0) is 18.1. The number of likely N-dealkylation sites (tertiary alicyclic amines) is 1. The molecule has 4 rings (SSSR count). The number of amides is 1. The highest BCUT2D eigenvalue weighted by Gasteiger charge is 2.48. The maximum Gasteiger partial charge on any atom is 0.225 e. The fraction of sp³-hybridized carbons (Fsp3) is 0.682. The number of piperidine rings is 1. The molecule has 3 fully saturated rings. The summed E-state index contributed by atoms with van der Waals surface area (Å²) in [4.78, 5) is 15.1. The molecule has 26 heavy (non-hydrogen) atoms. The largest absolute Gasteiger partial charge is 0.352 e.